The molecule has 0 N–H and O–H groups in total. The number of piperazine rings is 1. The van der Waals surface area contributed by atoms with Gasteiger partial charge >= 0.3 is 0 Å². The number of hydrogen-bond donors (Lipinski definition) is 0. The molecule has 0 unspecified atom stereocenters. The average Bonchev–Trinajstić information content (AvgIpc) is 2.76. The van der Waals surface area contributed by atoms with Crippen LogP contribution in [0.15, 0.2) is 0 Å². The van der Waals surface area contributed by atoms with Gasteiger partial charge < -0.3 is 19.6 Å². The number of amides is 1. The molecule has 4 heterocycles. The van der Waals surface area contributed by atoms with Crippen LogP contribution in [0.2, 0.25) is 0 Å². The highest BCUT2D eigenvalue weighted by atomic mass is 16.2. The van der Waals surface area contributed by atoms with Gasteiger partial charge in [0.15, 0.2) is 0 Å². The van der Waals surface area contributed by atoms with Crippen LogP contribution in [0.3, 0.4) is 0 Å². The fourth-order valence-corrected chi connectivity index (χ4v) is 5.90. The van der Waals surface area contributed by atoms with Crippen LogP contribution in [0, 0.1) is 11.8 Å². The third kappa shape index (κ3) is 5.72. The number of nitrogens with zero attached hydrogens (tertiary/aromatic N) is 5. The van der Waals surface area contributed by atoms with E-state index < -0.39 is 0 Å². The molecule has 4 rings (SSSR count). The fourth-order valence-electron chi connectivity index (χ4n) is 5.90. The Balaban J connectivity index is 1.16. The Labute approximate surface area is 178 Å². The van der Waals surface area contributed by atoms with E-state index in [0.29, 0.717) is 5.91 Å². The summed E-state index contributed by atoms with van der Waals surface area (Å²) in [7, 11) is 4.47. The van der Waals surface area contributed by atoms with Crippen LogP contribution in [0.1, 0.15) is 38.5 Å². The molecule has 1 amide bonds. The highest BCUT2D eigenvalue weighted by Gasteiger charge is 2.33. The summed E-state index contributed by atoms with van der Waals surface area (Å²) >= 11 is 0. The molecular weight excluding hydrogens is 362 g/mol. The number of carbonyl (C=O) groups is 1. The summed E-state index contributed by atoms with van der Waals surface area (Å²) in [5.41, 5.74) is 0. The normalized spacial score (nSPS) is 28.8. The Morgan fingerprint density at radius 1 is 0.690 bits per heavy atom. The Morgan fingerprint density at radius 3 is 1.83 bits per heavy atom. The standard InChI is InChI=1S/C23H43N5O/c1-24-9-3-20(4-10-24)19-26-13-5-21(6-14-26)23(29)28-17-15-27(16-18-28)22-7-11-25(2)12-8-22/h20-22H,3-19H2,1-2H3. The van der Waals surface area contributed by atoms with Crippen molar-refractivity contribution in [1.82, 2.24) is 24.5 Å². The third-order valence-electron chi connectivity index (χ3n) is 8.12. The monoisotopic (exact) mass is 405 g/mol. The van der Waals surface area contributed by atoms with Crippen LogP contribution in [0.4, 0.5) is 0 Å². The van der Waals surface area contributed by atoms with Gasteiger partial charge in [0.25, 0.3) is 0 Å². The molecule has 0 aromatic carbocycles. The molecule has 0 bridgehead atoms. The van der Waals surface area contributed by atoms with Gasteiger partial charge in [0, 0.05) is 44.7 Å². The van der Waals surface area contributed by atoms with Crippen LogP contribution in [-0.2, 0) is 4.79 Å². The van der Waals surface area contributed by atoms with E-state index in [2.05, 4.69) is 38.6 Å². The third-order valence-corrected chi connectivity index (χ3v) is 8.12. The quantitative estimate of drug-likeness (QED) is 0.704. The summed E-state index contributed by atoms with van der Waals surface area (Å²) in [5, 5.41) is 0. The molecule has 4 aliphatic heterocycles. The van der Waals surface area contributed by atoms with Gasteiger partial charge in [-0.3, -0.25) is 9.69 Å². The fraction of sp³-hybridized carbons (Fsp3) is 0.957. The van der Waals surface area contributed by atoms with Gasteiger partial charge in [-0.25, -0.2) is 0 Å². The van der Waals surface area contributed by atoms with E-state index in [4.69, 9.17) is 0 Å². The van der Waals surface area contributed by atoms with E-state index >= 15 is 0 Å². The molecule has 0 aromatic rings. The predicted octanol–water partition coefficient (Wildman–Crippen LogP) is 1.28. The van der Waals surface area contributed by atoms with E-state index in [1.54, 1.807) is 0 Å². The van der Waals surface area contributed by atoms with Gasteiger partial charge in [0.05, 0.1) is 0 Å². The summed E-state index contributed by atoms with van der Waals surface area (Å²) < 4.78 is 0. The van der Waals surface area contributed by atoms with Gasteiger partial charge in [-0.05, 0) is 97.8 Å². The highest BCUT2D eigenvalue weighted by molar-refractivity contribution is 5.79. The van der Waals surface area contributed by atoms with Crippen molar-refractivity contribution in [3.63, 3.8) is 0 Å². The Hall–Kier alpha value is -0.690. The van der Waals surface area contributed by atoms with E-state index in [1.165, 1.54) is 58.4 Å². The van der Waals surface area contributed by atoms with E-state index in [9.17, 15) is 4.79 Å². The second-order valence-electron chi connectivity index (χ2n) is 10.2. The first-order valence-electron chi connectivity index (χ1n) is 12.2. The smallest absolute Gasteiger partial charge is 0.225 e. The van der Waals surface area contributed by atoms with Crippen LogP contribution < -0.4 is 0 Å². The van der Waals surface area contributed by atoms with Gasteiger partial charge in [0.1, 0.15) is 0 Å². The maximum absolute atomic E-state index is 13.1. The molecule has 29 heavy (non-hydrogen) atoms. The number of rotatable bonds is 4. The van der Waals surface area contributed by atoms with Crippen molar-refractivity contribution >= 4 is 5.91 Å². The first-order chi connectivity index (χ1) is 14.1. The second-order valence-corrected chi connectivity index (χ2v) is 10.2. The van der Waals surface area contributed by atoms with Crippen molar-refractivity contribution in [2.75, 3.05) is 86.1 Å². The second kappa shape index (κ2) is 10.1. The van der Waals surface area contributed by atoms with E-state index in [0.717, 1.165) is 64.1 Å². The van der Waals surface area contributed by atoms with Gasteiger partial charge in [0.2, 0.25) is 5.91 Å². The summed E-state index contributed by atoms with van der Waals surface area (Å²) in [4.78, 5) is 25.5. The summed E-state index contributed by atoms with van der Waals surface area (Å²) in [6.07, 6.45) is 7.41. The molecule has 4 aliphatic rings. The molecule has 0 spiro atoms. The molecule has 0 aliphatic carbocycles. The molecular formula is C23H43N5O. The molecule has 0 radical (unpaired) electrons. The Bertz CT molecular complexity index is 511. The molecule has 4 fully saturated rings. The van der Waals surface area contributed by atoms with Gasteiger partial charge in [-0.1, -0.05) is 0 Å². The van der Waals surface area contributed by atoms with Crippen LogP contribution in [-0.4, -0.2) is 123 Å². The molecule has 6 nitrogen and oxygen atoms in total. The zero-order valence-corrected chi connectivity index (χ0v) is 18.9. The minimum absolute atomic E-state index is 0.276. The molecule has 0 atom stereocenters. The van der Waals surface area contributed by atoms with Crippen molar-refractivity contribution < 1.29 is 4.79 Å². The molecule has 166 valence electrons. The summed E-state index contributed by atoms with van der Waals surface area (Å²) in [6, 6.07) is 0.742. The van der Waals surface area contributed by atoms with Crippen LogP contribution >= 0.6 is 0 Å². The first-order valence-corrected chi connectivity index (χ1v) is 12.2. The first kappa shape index (κ1) is 21.5. The van der Waals surface area contributed by atoms with Crippen molar-refractivity contribution in [2.24, 2.45) is 11.8 Å². The van der Waals surface area contributed by atoms with E-state index in [-0.39, 0.29) is 5.92 Å². The average molecular weight is 406 g/mol. The molecule has 0 aromatic heterocycles. The summed E-state index contributed by atoms with van der Waals surface area (Å²) in [5.74, 6) is 1.59. The lowest BCUT2D eigenvalue weighted by molar-refractivity contribution is -0.139. The van der Waals surface area contributed by atoms with Crippen molar-refractivity contribution in [2.45, 2.75) is 44.6 Å². The Kier molecular flexibility index (Phi) is 7.49. The number of hydrogen-bond acceptors (Lipinski definition) is 5. The highest BCUT2D eigenvalue weighted by Crippen LogP contribution is 2.25. The van der Waals surface area contributed by atoms with E-state index in [1.807, 2.05) is 0 Å². The zero-order chi connectivity index (χ0) is 20.2. The number of carbonyl (C=O) groups excluding carboxylic acids is 1. The molecule has 0 saturated carbocycles. The van der Waals surface area contributed by atoms with Gasteiger partial charge in [-0.15, -0.1) is 0 Å². The largest absolute Gasteiger partial charge is 0.340 e. The zero-order valence-electron chi connectivity index (χ0n) is 18.9. The number of likely N-dealkylation sites (tertiary alicyclic amines) is 3. The lowest BCUT2D eigenvalue weighted by atomic mass is 9.92. The molecule has 6 heteroatoms. The van der Waals surface area contributed by atoms with Crippen molar-refractivity contribution in [3.8, 4) is 0 Å². The maximum atomic E-state index is 13.1. The number of piperidine rings is 3. The predicted molar refractivity (Wildman–Crippen MR) is 118 cm³/mol. The minimum Gasteiger partial charge on any atom is -0.340 e. The Morgan fingerprint density at radius 2 is 1.24 bits per heavy atom. The van der Waals surface area contributed by atoms with Crippen molar-refractivity contribution in [1.29, 1.82) is 0 Å². The van der Waals surface area contributed by atoms with Crippen LogP contribution in [0.5, 0.6) is 0 Å². The maximum Gasteiger partial charge on any atom is 0.225 e. The summed E-state index contributed by atoms with van der Waals surface area (Å²) in [6.45, 7) is 12.5. The minimum atomic E-state index is 0.276. The molecule has 4 saturated heterocycles. The topological polar surface area (TPSA) is 33.3 Å². The van der Waals surface area contributed by atoms with Gasteiger partial charge in [-0.2, -0.15) is 0 Å². The van der Waals surface area contributed by atoms with Crippen molar-refractivity contribution in [3.05, 3.63) is 0 Å². The lowest BCUT2D eigenvalue weighted by Gasteiger charge is -2.43. The lowest BCUT2D eigenvalue weighted by Crippen LogP contribution is -2.55. The van der Waals surface area contributed by atoms with Crippen LogP contribution in [0.25, 0.3) is 0 Å². The SMILES string of the molecule is CN1CCC(CN2CCC(C(=O)N3CCN(C4CCN(C)CC4)CC3)CC2)CC1.